The number of ether oxygens (including phenoxy) is 2. The molecule has 1 aliphatic heterocycles. The Kier molecular flexibility index (Phi) is 4.68. The van der Waals surface area contributed by atoms with Crippen LogP contribution < -0.4 is 0 Å². The van der Waals surface area contributed by atoms with Crippen molar-refractivity contribution in [2.75, 3.05) is 6.61 Å². The van der Waals surface area contributed by atoms with Gasteiger partial charge in [-0.25, -0.2) is 9.97 Å². The second kappa shape index (κ2) is 6.68. The molecule has 1 saturated heterocycles. The van der Waals surface area contributed by atoms with Crippen LogP contribution in [0.2, 0.25) is 0 Å². The average molecular weight is 398 g/mol. The SMILES string of the molecule is Cc1nc2c(c(C(F)(F)F)n1)C[C@H](C(=O)O[C@@H]1[C@@H]3CCCO[C@@H]3C1(C)C)CC2. The van der Waals surface area contributed by atoms with Gasteiger partial charge in [0.15, 0.2) is 5.69 Å². The van der Waals surface area contributed by atoms with Crippen LogP contribution in [0.25, 0.3) is 0 Å². The zero-order chi connectivity index (χ0) is 20.3. The van der Waals surface area contributed by atoms with E-state index in [4.69, 9.17) is 9.47 Å². The molecule has 5 nitrogen and oxygen atoms in total. The van der Waals surface area contributed by atoms with Crippen molar-refractivity contribution in [2.24, 2.45) is 17.3 Å². The molecule has 1 saturated carbocycles. The third-order valence-electron chi connectivity index (χ3n) is 6.45. The lowest BCUT2D eigenvalue weighted by molar-refractivity contribution is -0.256. The van der Waals surface area contributed by atoms with Gasteiger partial charge in [-0.05, 0) is 39.0 Å². The molecule has 8 heteroatoms. The first-order valence-electron chi connectivity index (χ1n) is 9.84. The van der Waals surface area contributed by atoms with E-state index in [0.717, 1.165) is 19.4 Å². The number of carbonyl (C=O) groups excluding carboxylic acids is 1. The van der Waals surface area contributed by atoms with Crippen molar-refractivity contribution in [3.05, 3.63) is 22.8 Å². The first-order chi connectivity index (χ1) is 13.1. The summed E-state index contributed by atoms with van der Waals surface area (Å²) in [7, 11) is 0. The van der Waals surface area contributed by atoms with Crippen LogP contribution in [0.1, 0.15) is 55.9 Å². The van der Waals surface area contributed by atoms with Crippen LogP contribution in [0.4, 0.5) is 13.2 Å². The molecule has 0 aromatic carbocycles. The number of esters is 1. The Morgan fingerprint density at radius 1 is 1.25 bits per heavy atom. The maximum absolute atomic E-state index is 13.4. The summed E-state index contributed by atoms with van der Waals surface area (Å²) in [6, 6.07) is 0. The molecule has 0 spiro atoms. The van der Waals surface area contributed by atoms with Crippen molar-refractivity contribution < 1.29 is 27.4 Å². The Labute approximate surface area is 162 Å². The van der Waals surface area contributed by atoms with Crippen LogP contribution in [-0.2, 0) is 33.3 Å². The lowest BCUT2D eigenvalue weighted by atomic mass is 9.56. The van der Waals surface area contributed by atoms with Crippen molar-refractivity contribution >= 4 is 5.97 Å². The zero-order valence-corrected chi connectivity index (χ0v) is 16.3. The fraction of sp³-hybridized carbons (Fsp3) is 0.750. The molecule has 154 valence electrons. The Bertz CT molecular complexity index is 794. The minimum Gasteiger partial charge on any atom is -0.461 e. The topological polar surface area (TPSA) is 61.3 Å². The van der Waals surface area contributed by atoms with Crippen LogP contribution in [0.15, 0.2) is 0 Å². The molecule has 2 aliphatic carbocycles. The van der Waals surface area contributed by atoms with E-state index in [0.29, 0.717) is 18.5 Å². The fourth-order valence-corrected chi connectivity index (χ4v) is 5.11. The lowest BCUT2D eigenvalue weighted by Gasteiger charge is -2.58. The number of aromatic nitrogens is 2. The van der Waals surface area contributed by atoms with Gasteiger partial charge in [-0.2, -0.15) is 13.2 Å². The minimum atomic E-state index is -4.56. The number of nitrogens with zero attached hydrogens (tertiary/aromatic N) is 2. The number of hydrogen-bond donors (Lipinski definition) is 0. The van der Waals surface area contributed by atoms with Gasteiger partial charge in [-0.1, -0.05) is 13.8 Å². The summed E-state index contributed by atoms with van der Waals surface area (Å²) < 4.78 is 51.9. The number of alkyl halides is 3. The normalized spacial score (nSPS) is 31.4. The summed E-state index contributed by atoms with van der Waals surface area (Å²) in [5.74, 6) is -0.729. The molecule has 1 aromatic rings. The molecule has 0 bridgehead atoms. The molecule has 4 atom stereocenters. The zero-order valence-electron chi connectivity index (χ0n) is 16.3. The molecule has 1 aromatic heterocycles. The van der Waals surface area contributed by atoms with Gasteiger partial charge < -0.3 is 9.47 Å². The smallest absolute Gasteiger partial charge is 0.433 e. The summed E-state index contributed by atoms with van der Waals surface area (Å²) in [5, 5.41) is 0. The highest BCUT2D eigenvalue weighted by atomic mass is 19.4. The van der Waals surface area contributed by atoms with Crippen molar-refractivity contribution in [3.8, 4) is 0 Å². The van der Waals surface area contributed by atoms with Gasteiger partial charge in [0, 0.05) is 29.2 Å². The fourth-order valence-electron chi connectivity index (χ4n) is 5.11. The number of carbonyl (C=O) groups is 1. The highest BCUT2D eigenvalue weighted by molar-refractivity contribution is 5.74. The van der Waals surface area contributed by atoms with E-state index in [1.807, 2.05) is 13.8 Å². The average Bonchev–Trinajstić information content (AvgIpc) is 2.64. The predicted molar refractivity (Wildman–Crippen MR) is 93.4 cm³/mol. The third kappa shape index (κ3) is 3.19. The molecule has 2 fully saturated rings. The molecule has 3 aliphatic rings. The molecule has 0 N–H and O–H groups in total. The van der Waals surface area contributed by atoms with Gasteiger partial charge in [0.05, 0.1) is 12.0 Å². The van der Waals surface area contributed by atoms with Gasteiger partial charge in [0.1, 0.15) is 11.9 Å². The van der Waals surface area contributed by atoms with Crippen LogP contribution in [0.5, 0.6) is 0 Å². The molecule has 28 heavy (non-hydrogen) atoms. The molecular formula is C20H25F3N2O3. The summed E-state index contributed by atoms with van der Waals surface area (Å²) in [6.07, 6.45) is -2.10. The van der Waals surface area contributed by atoms with E-state index in [1.165, 1.54) is 6.92 Å². The van der Waals surface area contributed by atoms with E-state index >= 15 is 0 Å². The van der Waals surface area contributed by atoms with Gasteiger partial charge in [0.25, 0.3) is 0 Å². The molecule has 0 amide bonds. The second-order valence-corrected chi connectivity index (χ2v) is 8.76. The second-order valence-electron chi connectivity index (χ2n) is 8.76. The number of aryl methyl sites for hydroxylation is 2. The van der Waals surface area contributed by atoms with Crippen LogP contribution >= 0.6 is 0 Å². The van der Waals surface area contributed by atoms with Crippen LogP contribution in [0, 0.1) is 24.2 Å². The van der Waals surface area contributed by atoms with Crippen LogP contribution in [-0.4, -0.2) is 34.8 Å². The predicted octanol–water partition coefficient (Wildman–Crippen LogP) is 3.66. The third-order valence-corrected chi connectivity index (χ3v) is 6.45. The van der Waals surface area contributed by atoms with E-state index in [9.17, 15) is 18.0 Å². The maximum atomic E-state index is 13.4. The standard InChI is InChI=1S/C20H25F3N2O3/c1-10-24-14-7-6-11(9-13(14)15(25-10)20(21,22)23)18(26)28-17-12-5-4-8-27-16(12)19(17,2)3/h11-12,16-17H,4-9H2,1-3H3/t11-,12-,16+,17-/m1/s1. The van der Waals surface area contributed by atoms with Crippen molar-refractivity contribution in [3.63, 3.8) is 0 Å². The quantitative estimate of drug-likeness (QED) is 0.712. The number of fused-ring (bicyclic) bond motifs is 2. The maximum Gasteiger partial charge on any atom is 0.433 e. The van der Waals surface area contributed by atoms with Gasteiger partial charge >= 0.3 is 12.1 Å². The van der Waals surface area contributed by atoms with Crippen LogP contribution in [0.3, 0.4) is 0 Å². The van der Waals surface area contributed by atoms with Gasteiger partial charge in [-0.15, -0.1) is 0 Å². The van der Waals surface area contributed by atoms with Gasteiger partial charge in [-0.3, -0.25) is 4.79 Å². The number of rotatable bonds is 2. The first-order valence-corrected chi connectivity index (χ1v) is 9.84. The monoisotopic (exact) mass is 398 g/mol. The molecule has 2 heterocycles. The molecule has 0 unspecified atom stereocenters. The van der Waals surface area contributed by atoms with E-state index in [-0.39, 0.29) is 41.3 Å². The summed E-state index contributed by atoms with van der Waals surface area (Å²) >= 11 is 0. The Hall–Kier alpha value is -1.70. The highest BCUT2D eigenvalue weighted by Crippen LogP contribution is 2.53. The minimum absolute atomic E-state index is 0.0268. The van der Waals surface area contributed by atoms with E-state index < -0.39 is 23.8 Å². The lowest BCUT2D eigenvalue weighted by Crippen LogP contribution is -2.65. The van der Waals surface area contributed by atoms with E-state index in [1.54, 1.807) is 0 Å². The van der Waals surface area contributed by atoms with Crippen molar-refractivity contribution in [1.82, 2.24) is 9.97 Å². The molecule has 0 radical (unpaired) electrons. The first kappa shape index (κ1) is 19.6. The van der Waals surface area contributed by atoms with E-state index in [2.05, 4.69) is 9.97 Å². The summed E-state index contributed by atoms with van der Waals surface area (Å²) in [4.78, 5) is 20.6. The number of hydrogen-bond acceptors (Lipinski definition) is 5. The molecule has 4 rings (SSSR count). The van der Waals surface area contributed by atoms with Gasteiger partial charge in [0.2, 0.25) is 0 Å². The van der Waals surface area contributed by atoms with Crippen molar-refractivity contribution in [2.45, 2.75) is 71.3 Å². The molecular weight excluding hydrogens is 373 g/mol. The highest BCUT2D eigenvalue weighted by Gasteiger charge is 2.60. The number of halogens is 3. The Balaban J connectivity index is 1.51. The Morgan fingerprint density at radius 3 is 2.71 bits per heavy atom. The summed E-state index contributed by atoms with van der Waals surface area (Å²) in [6.45, 7) is 6.22. The summed E-state index contributed by atoms with van der Waals surface area (Å²) in [5.41, 5.74) is -0.756. The largest absolute Gasteiger partial charge is 0.461 e. The van der Waals surface area contributed by atoms with Crippen molar-refractivity contribution in [1.29, 1.82) is 0 Å². The Morgan fingerprint density at radius 2 is 2.00 bits per heavy atom.